The summed E-state index contributed by atoms with van der Waals surface area (Å²) in [6, 6.07) is 15.2. The monoisotopic (exact) mass is 573 g/mol. The molecular formula is C32H39N5O5. The zero-order valence-electron chi connectivity index (χ0n) is 24.3. The van der Waals surface area contributed by atoms with Crippen LogP contribution in [0.25, 0.3) is 22.4 Å². The summed E-state index contributed by atoms with van der Waals surface area (Å²) in [5.74, 6) is 1.22. The zero-order valence-corrected chi connectivity index (χ0v) is 24.3. The number of nitrogens with zero attached hydrogens (tertiary/aromatic N) is 4. The number of carbonyl (C=O) groups excluding carboxylic acids is 1. The second kappa shape index (κ2) is 12.2. The fraction of sp³-hybridized carbons (Fsp3) is 0.469. The van der Waals surface area contributed by atoms with Gasteiger partial charge in [0.1, 0.15) is 16.9 Å². The summed E-state index contributed by atoms with van der Waals surface area (Å²) < 4.78 is 19.2. The van der Waals surface area contributed by atoms with Crippen molar-refractivity contribution in [3.8, 4) is 17.0 Å². The SMILES string of the molecule is COC[C@]1(O)CCCC[C@H]1n1cnc(C(=O)N2CCNC[C@H]2CCOc2ccc3nc(C)oc3c2)c1-c1ccccc1. The van der Waals surface area contributed by atoms with Crippen molar-refractivity contribution in [1.82, 2.24) is 24.8 Å². The van der Waals surface area contributed by atoms with Gasteiger partial charge in [-0.1, -0.05) is 43.2 Å². The van der Waals surface area contributed by atoms with Crippen molar-refractivity contribution >= 4 is 17.0 Å². The van der Waals surface area contributed by atoms with Crippen molar-refractivity contribution in [2.45, 2.75) is 56.7 Å². The van der Waals surface area contributed by atoms with Gasteiger partial charge in [0.2, 0.25) is 0 Å². The Labute approximate surface area is 245 Å². The highest BCUT2D eigenvalue weighted by atomic mass is 16.5. The molecule has 42 heavy (non-hydrogen) atoms. The predicted octanol–water partition coefficient (Wildman–Crippen LogP) is 4.38. The predicted molar refractivity (Wildman–Crippen MR) is 159 cm³/mol. The van der Waals surface area contributed by atoms with E-state index in [-0.39, 0.29) is 24.6 Å². The number of rotatable bonds is 9. The number of aliphatic hydroxyl groups is 1. The number of hydrogen-bond acceptors (Lipinski definition) is 8. The smallest absolute Gasteiger partial charge is 0.275 e. The van der Waals surface area contributed by atoms with Crippen molar-refractivity contribution in [3.05, 3.63) is 66.4 Å². The van der Waals surface area contributed by atoms with E-state index in [2.05, 4.69) is 10.3 Å². The lowest BCUT2D eigenvalue weighted by Crippen LogP contribution is -2.54. The molecule has 222 valence electrons. The number of piperazine rings is 1. The number of fused-ring (bicyclic) bond motifs is 1. The molecule has 1 saturated carbocycles. The number of amides is 1. The molecule has 0 unspecified atom stereocenters. The van der Waals surface area contributed by atoms with Crippen LogP contribution in [0.5, 0.6) is 5.75 Å². The molecule has 10 heteroatoms. The molecular weight excluding hydrogens is 534 g/mol. The van der Waals surface area contributed by atoms with E-state index in [1.807, 2.05) is 64.9 Å². The largest absolute Gasteiger partial charge is 0.493 e. The minimum Gasteiger partial charge on any atom is -0.493 e. The summed E-state index contributed by atoms with van der Waals surface area (Å²) in [7, 11) is 1.62. The van der Waals surface area contributed by atoms with Gasteiger partial charge in [-0.3, -0.25) is 4.79 Å². The summed E-state index contributed by atoms with van der Waals surface area (Å²) in [4.78, 5) is 25.2. The van der Waals surface area contributed by atoms with Crippen molar-refractivity contribution in [2.24, 2.45) is 0 Å². The molecule has 2 aromatic heterocycles. The van der Waals surface area contributed by atoms with Gasteiger partial charge in [0.05, 0.1) is 31.3 Å². The number of aryl methyl sites for hydroxylation is 1. The number of ether oxygens (including phenoxy) is 2. The topological polar surface area (TPSA) is 115 Å². The molecule has 3 heterocycles. The van der Waals surface area contributed by atoms with Crippen LogP contribution in [0, 0.1) is 6.92 Å². The Morgan fingerprint density at radius 3 is 2.90 bits per heavy atom. The van der Waals surface area contributed by atoms with Crippen molar-refractivity contribution in [3.63, 3.8) is 0 Å². The lowest BCUT2D eigenvalue weighted by Gasteiger charge is -2.41. The summed E-state index contributed by atoms with van der Waals surface area (Å²) in [6.45, 7) is 4.46. The van der Waals surface area contributed by atoms with Crippen molar-refractivity contribution in [2.75, 3.05) is 40.0 Å². The molecule has 1 saturated heterocycles. The first-order valence-electron chi connectivity index (χ1n) is 14.8. The first-order chi connectivity index (χ1) is 20.5. The van der Waals surface area contributed by atoms with Crippen LogP contribution < -0.4 is 10.1 Å². The summed E-state index contributed by atoms with van der Waals surface area (Å²) in [5.41, 5.74) is 2.52. The molecule has 2 aliphatic rings. The quantitative estimate of drug-likeness (QED) is 0.303. The molecule has 4 aromatic rings. The Bertz CT molecular complexity index is 1510. The van der Waals surface area contributed by atoms with Crippen LogP contribution in [0.15, 0.2) is 59.3 Å². The number of benzene rings is 2. The molecule has 3 atom stereocenters. The van der Waals surface area contributed by atoms with E-state index in [9.17, 15) is 9.90 Å². The molecule has 1 aliphatic carbocycles. The van der Waals surface area contributed by atoms with E-state index in [0.29, 0.717) is 62.0 Å². The van der Waals surface area contributed by atoms with Gasteiger partial charge in [0.25, 0.3) is 5.91 Å². The number of carbonyl (C=O) groups is 1. The van der Waals surface area contributed by atoms with E-state index in [1.165, 1.54) is 0 Å². The standard InChI is InChI=1S/C32H39N5O5/c1-22-35-26-12-11-25(18-27(26)42-22)41-17-13-24-19-33-15-16-36(24)31(38)29-30(23-8-4-3-5-9-23)37(21-34-29)28-10-6-7-14-32(28,39)20-40-2/h3-5,8-9,11-12,18,21,24,28,33,39H,6-7,10,13-17,19-20H2,1-2H3/t24-,28-,32-/m1/s1. The lowest BCUT2D eigenvalue weighted by atomic mass is 9.80. The average molecular weight is 574 g/mol. The number of oxazole rings is 1. The van der Waals surface area contributed by atoms with Crippen LogP contribution in [-0.4, -0.2) is 82.0 Å². The van der Waals surface area contributed by atoms with Gasteiger partial charge in [-0.05, 0) is 25.0 Å². The van der Waals surface area contributed by atoms with E-state index >= 15 is 0 Å². The van der Waals surface area contributed by atoms with Crippen LogP contribution in [0.2, 0.25) is 0 Å². The molecule has 1 aliphatic heterocycles. The maximum absolute atomic E-state index is 14.2. The fourth-order valence-electron chi connectivity index (χ4n) is 6.50. The summed E-state index contributed by atoms with van der Waals surface area (Å²) in [6.07, 6.45) is 5.75. The Hall–Kier alpha value is -3.73. The third kappa shape index (κ3) is 5.66. The van der Waals surface area contributed by atoms with Crippen LogP contribution in [0.1, 0.15) is 54.5 Å². The van der Waals surface area contributed by atoms with Crippen LogP contribution in [0.4, 0.5) is 0 Å². The molecule has 10 nitrogen and oxygen atoms in total. The highest BCUT2D eigenvalue weighted by Crippen LogP contribution is 2.41. The third-order valence-corrected chi connectivity index (χ3v) is 8.53. The molecule has 2 N–H and O–H groups in total. The van der Waals surface area contributed by atoms with E-state index in [1.54, 1.807) is 13.4 Å². The van der Waals surface area contributed by atoms with Gasteiger partial charge in [-0.25, -0.2) is 9.97 Å². The number of hydrogen-bond donors (Lipinski definition) is 2. The van der Waals surface area contributed by atoms with Gasteiger partial charge in [0, 0.05) is 57.8 Å². The van der Waals surface area contributed by atoms with Crippen LogP contribution >= 0.6 is 0 Å². The summed E-state index contributed by atoms with van der Waals surface area (Å²) >= 11 is 0. The van der Waals surface area contributed by atoms with E-state index in [4.69, 9.17) is 18.9 Å². The number of imidazole rings is 1. The molecule has 0 bridgehead atoms. The normalized spacial score (nSPS) is 22.9. The van der Waals surface area contributed by atoms with Gasteiger partial charge in [-0.2, -0.15) is 0 Å². The Balaban J connectivity index is 1.25. The minimum atomic E-state index is -1.03. The van der Waals surface area contributed by atoms with Crippen LogP contribution in [-0.2, 0) is 4.74 Å². The first-order valence-corrected chi connectivity index (χ1v) is 14.8. The molecule has 6 rings (SSSR count). The number of methoxy groups -OCH3 is 1. The maximum atomic E-state index is 14.2. The van der Waals surface area contributed by atoms with Crippen molar-refractivity contribution in [1.29, 1.82) is 0 Å². The first kappa shape index (κ1) is 28.4. The lowest BCUT2D eigenvalue weighted by molar-refractivity contribution is -0.0893. The van der Waals surface area contributed by atoms with Gasteiger partial charge in [-0.15, -0.1) is 0 Å². The highest BCUT2D eigenvalue weighted by Gasteiger charge is 2.42. The maximum Gasteiger partial charge on any atom is 0.275 e. The second-order valence-electron chi connectivity index (χ2n) is 11.4. The minimum absolute atomic E-state index is 0.0589. The van der Waals surface area contributed by atoms with Crippen LogP contribution in [0.3, 0.4) is 0 Å². The third-order valence-electron chi connectivity index (χ3n) is 8.53. The Kier molecular flexibility index (Phi) is 8.28. The van der Waals surface area contributed by atoms with Crippen molar-refractivity contribution < 1.29 is 23.8 Å². The Morgan fingerprint density at radius 1 is 1.21 bits per heavy atom. The highest BCUT2D eigenvalue weighted by molar-refractivity contribution is 5.98. The average Bonchev–Trinajstić information content (AvgIpc) is 3.60. The molecule has 1 amide bonds. The number of nitrogens with one attached hydrogen (secondary N) is 1. The number of aromatic nitrogens is 3. The molecule has 0 radical (unpaired) electrons. The molecule has 2 fully saturated rings. The van der Waals surface area contributed by atoms with Gasteiger partial charge < -0.3 is 33.8 Å². The summed E-state index contributed by atoms with van der Waals surface area (Å²) in [5, 5.41) is 15.1. The molecule has 2 aromatic carbocycles. The van der Waals surface area contributed by atoms with E-state index < -0.39 is 5.60 Å². The second-order valence-corrected chi connectivity index (χ2v) is 11.4. The van der Waals surface area contributed by atoms with Gasteiger partial charge in [0.15, 0.2) is 17.2 Å². The van der Waals surface area contributed by atoms with E-state index in [0.717, 1.165) is 36.0 Å². The van der Waals surface area contributed by atoms with Gasteiger partial charge >= 0.3 is 0 Å². The zero-order chi connectivity index (χ0) is 29.1. The molecule has 0 spiro atoms. The Morgan fingerprint density at radius 2 is 2.07 bits per heavy atom. The fourth-order valence-corrected chi connectivity index (χ4v) is 6.50.